The van der Waals surface area contributed by atoms with Crippen LogP contribution in [0.4, 0.5) is 5.69 Å². The lowest BCUT2D eigenvalue weighted by Crippen LogP contribution is -2.53. The molecule has 0 radical (unpaired) electrons. The summed E-state index contributed by atoms with van der Waals surface area (Å²) >= 11 is 0. The molecule has 0 aliphatic carbocycles. The van der Waals surface area contributed by atoms with E-state index in [2.05, 4.69) is 52.3 Å². The van der Waals surface area contributed by atoms with Gasteiger partial charge in [0.25, 0.3) is 10.0 Å². The molecular weight excluding hydrogens is 382 g/mol. The molecule has 4 rings (SSSR count). The highest BCUT2D eigenvalue weighted by molar-refractivity contribution is 8.00. The van der Waals surface area contributed by atoms with Crippen LogP contribution in [0.2, 0.25) is 0 Å². The minimum atomic E-state index is -3.68. The first-order valence-electron chi connectivity index (χ1n) is 9.98. The third-order valence-corrected chi connectivity index (χ3v) is 7.19. The molecule has 2 aliphatic rings. The molecule has 2 aliphatic heterocycles. The van der Waals surface area contributed by atoms with Crippen molar-refractivity contribution >= 4 is 26.5 Å². The molecule has 0 bridgehead atoms. The van der Waals surface area contributed by atoms with Crippen molar-refractivity contribution in [3.8, 4) is 0 Å². The monoisotopic (exact) mass is 409 g/mol. The van der Waals surface area contributed by atoms with Crippen molar-refractivity contribution in [3.63, 3.8) is 0 Å². The van der Waals surface area contributed by atoms with E-state index in [1.807, 2.05) is 38.1 Å². The molecule has 6 heteroatoms. The Kier molecular flexibility index (Phi) is 4.99. The Bertz CT molecular complexity index is 1100. The average Bonchev–Trinajstić information content (AvgIpc) is 2.91. The summed E-state index contributed by atoms with van der Waals surface area (Å²) in [6, 6.07) is 16.4. The highest BCUT2D eigenvalue weighted by Gasteiger charge is 2.35. The average molecular weight is 410 g/mol. The number of benzene rings is 2. The summed E-state index contributed by atoms with van der Waals surface area (Å²) in [6.45, 7) is 10.5. The quantitative estimate of drug-likeness (QED) is 0.753. The lowest BCUT2D eigenvalue weighted by atomic mass is 10.1. The first kappa shape index (κ1) is 19.7. The predicted octanol–water partition coefficient (Wildman–Crippen LogP) is 3.99. The summed E-state index contributed by atoms with van der Waals surface area (Å²) in [5, 5.41) is 0. The van der Waals surface area contributed by atoms with Gasteiger partial charge < -0.3 is 9.80 Å². The fourth-order valence-electron chi connectivity index (χ4n) is 4.23. The van der Waals surface area contributed by atoms with Gasteiger partial charge in [-0.1, -0.05) is 42.0 Å². The van der Waals surface area contributed by atoms with Crippen molar-refractivity contribution in [2.45, 2.75) is 33.7 Å². The Morgan fingerprint density at radius 1 is 0.966 bits per heavy atom. The minimum absolute atomic E-state index is 0.257. The van der Waals surface area contributed by atoms with Crippen LogP contribution < -0.4 is 4.90 Å². The second-order valence-corrected chi connectivity index (χ2v) is 9.58. The number of aryl methyl sites for hydroxylation is 2. The van der Waals surface area contributed by atoms with Crippen molar-refractivity contribution in [2.75, 3.05) is 24.5 Å². The van der Waals surface area contributed by atoms with Crippen molar-refractivity contribution in [2.24, 2.45) is 4.40 Å². The number of nitrogens with zero attached hydrogens (tertiary/aromatic N) is 3. The van der Waals surface area contributed by atoms with Gasteiger partial charge in [-0.25, -0.2) is 0 Å². The van der Waals surface area contributed by atoms with Crippen LogP contribution in [0.15, 0.2) is 58.5 Å². The molecule has 0 aromatic heterocycles. The van der Waals surface area contributed by atoms with E-state index in [0.717, 1.165) is 30.8 Å². The highest BCUT2D eigenvalue weighted by Crippen LogP contribution is 2.34. The van der Waals surface area contributed by atoms with Crippen molar-refractivity contribution in [1.82, 2.24) is 4.90 Å². The molecule has 152 valence electrons. The topological polar surface area (TPSA) is 53.0 Å². The van der Waals surface area contributed by atoms with Gasteiger partial charge >= 0.3 is 0 Å². The Balaban J connectivity index is 1.60. The smallest absolute Gasteiger partial charge is 0.285 e. The van der Waals surface area contributed by atoms with Gasteiger partial charge in [0.15, 0.2) is 0 Å². The van der Waals surface area contributed by atoms with Gasteiger partial charge in [0, 0.05) is 36.9 Å². The van der Waals surface area contributed by atoms with Gasteiger partial charge in [-0.05, 0) is 51.0 Å². The molecule has 1 saturated heterocycles. The van der Waals surface area contributed by atoms with Crippen LogP contribution in [-0.4, -0.2) is 44.8 Å². The molecule has 2 heterocycles. The zero-order chi connectivity index (χ0) is 20.8. The maximum Gasteiger partial charge on any atom is 0.285 e. The van der Waals surface area contributed by atoms with Gasteiger partial charge in [0.1, 0.15) is 10.7 Å². The number of sulfonamides is 1. The van der Waals surface area contributed by atoms with Crippen LogP contribution in [0.1, 0.15) is 30.5 Å². The largest absolute Gasteiger partial charge is 0.365 e. The van der Waals surface area contributed by atoms with Crippen LogP contribution in [0.25, 0.3) is 4.91 Å². The van der Waals surface area contributed by atoms with Gasteiger partial charge in [0.2, 0.25) is 0 Å². The van der Waals surface area contributed by atoms with Crippen molar-refractivity contribution < 1.29 is 8.42 Å². The molecule has 0 spiro atoms. The fraction of sp³-hybridized carbons (Fsp3) is 0.348. The van der Waals surface area contributed by atoms with E-state index in [-0.39, 0.29) is 6.04 Å². The molecule has 0 N–H and O–H groups in total. The molecule has 1 unspecified atom stereocenters. The number of hydrogen-bond acceptors (Lipinski definition) is 4. The zero-order valence-corrected chi connectivity index (χ0v) is 18.2. The Hall–Kier alpha value is -2.60. The Labute approximate surface area is 173 Å². The highest BCUT2D eigenvalue weighted by atomic mass is 32.2. The molecule has 2 aromatic rings. The van der Waals surface area contributed by atoms with Gasteiger partial charge in [0.05, 0.1) is 0 Å². The molecular formula is C23H27N3O2S. The lowest BCUT2D eigenvalue weighted by Gasteiger charge is -2.42. The first-order valence-corrected chi connectivity index (χ1v) is 11.4. The van der Waals surface area contributed by atoms with E-state index in [0.29, 0.717) is 16.3 Å². The summed E-state index contributed by atoms with van der Waals surface area (Å²) < 4.78 is 29.8. The molecule has 5 nitrogen and oxygen atoms in total. The second kappa shape index (κ2) is 7.34. The molecule has 2 aromatic carbocycles. The van der Waals surface area contributed by atoms with Crippen molar-refractivity contribution in [1.29, 1.82) is 0 Å². The van der Waals surface area contributed by atoms with Crippen LogP contribution in [0, 0.1) is 13.8 Å². The number of amidine groups is 1. The molecule has 0 saturated carbocycles. The Morgan fingerprint density at radius 3 is 2.34 bits per heavy atom. The normalized spacial score (nSPS) is 21.5. The van der Waals surface area contributed by atoms with Gasteiger partial charge in [-0.3, -0.25) is 0 Å². The lowest BCUT2D eigenvalue weighted by molar-refractivity contribution is 0.339. The standard InChI is InChI=1S/C23H27N3O2S/c1-16-8-10-20(11-9-16)22-19(4)23(24-29(22,27)28)25-12-13-26(18(3)15-25)21-7-5-6-17(2)14-21/h5-11,14,18H,12-13,15H2,1-4H3. The van der Waals surface area contributed by atoms with E-state index >= 15 is 0 Å². The third-order valence-electron chi connectivity index (χ3n) is 5.71. The van der Waals surface area contributed by atoms with Crippen LogP contribution >= 0.6 is 0 Å². The minimum Gasteiger partial charge on any atom is -0.365 e. The predicted molar refractivity (Wildman–Crippen MR) is 120 cm³/mol. The van der Waals surface area contributed by atoms with E-state index in [1.165, 1.54) is 11.3 Å². The van der Waals surface area contributed by atoms with Crippen LogP contribution in [0.5, 0.6) is 0 Å². The first-order chi connectivity index (χ1) is 13.8. The molecule has 0 amide bonds. The van der Waals surface area contributed by atoms with Gasteiger partial charge in [-0.2, -0.15) is 8.42 Å². The third kappa shape index (κ3) is 3.69. The van der Waals surface area contributed by atoms with Crippen LogP contribution in [0.3, 0.4) is 0 Å². The maximum atomic E-state index is 12.8. The van der Waals surface area contributed by atoms with Gasteiger partial charge in [-0.15, -0.1) is 4.40 Å². The molecule has 29 heavy (non-hydrogen) atoms. The number of rotatable bonds is 2. The molecule has 1 fully saturated rings. The fourth-order valence-corrected chi connectivity index (χ4v) is 5.71. The number of hydrogen-bond donors (Lipinski definition) is 0. The van der Waals surface area contributed by atoms with E-state index < -0.39 is 10.0 Å². The summed E-state index contributed by atoms with van der Waals surface area (Å²) in [7, 11) is -3.68. The summed E-state index contributed by atoms with van der Waals surface area (Å²) in [5.41, 5.74) is 5.00. The molecule has 1 atom stereocenters. The summed E-state index contributed by atoms with van der Waals surface area (Å²) in [4.78, 5) is 4.83. The van der Waals surface area contributed by atoms with Crippen molar-refractivity contribution in [3.05, 3.63) is 70.8 Å². The second-order valence-electron chi connectivity index (χ2n) is 8.04. The summed E-state index contributed by atoms with van der Waals surface area (Å²) in [6.07, 6.45) is 0. The number of anilines is 1. The SMILES string of the molecule is CC1=C(c2ccc(C)cc2)S(=O)(=O)N=C1N1CCN(c2cccc(C)c2)C(C)C1. The summed E-state index contributed by atoms with van der Waals surface area (Å²) in [5.74, 6) is 0.594. The Morgan fingerprint density at radius 2 is 1.69 bits per heavy atom. The van der Waals surface area contributed by atoms with Crippen LogP contribution in [-0.2, 0) is 10.0 Å². The van der Waals surface area contributed by atoms with E-state index in [9.17, 15) is 8.42 Å². The maximum absolute atomic E-state index is 12.8. The number of piperazine rings is 1. The van der Waals surface area contributed by atoms with E-state index in [4.69, 9.17) is 0 Å². The van der Waals surface area contributed by atoms with E-state index in [1.54, 1.807) is 0 Å². The zero-order valence-electron chi connectivity index (χ0n) is 17.4.